The third-order valence-corrected chi connectivity index (χ3v) is 27.2. The van der Waals surface area contributed by atoms with Crippen LogP contribution in [0.1, 0.15) is 19.3 Å². The zero-order chi connectivity index (χ0) is 107. The van der Waals surface area contributed by atoms with Crippen LogP contribution in [0.3, 0.4) is 0 Å². The van der Waals surface area contributed by atoms with Gasteiger partial charge >= 0.3 is 17.9 Å². The average molecular weight is 2130 g/mol. The molecule has 0 spiro atoms. The van der Waals surface area contributed by atoms with Crippen molar-refractivity contribution in [2.75, 3.05) is 79.3 Å². The van der Waals surface area contributed by atoms with E-state index in [1.807, 2.05) is 0 Å². The highest BCUT2D eigenvalue weighted by Gasteiger charge is 2.68. The van der Waals surface area contributed by atoms with Gasteiger partial charge in [0.25, 0.3) is 17.4 Å². The molecule has 0 aromatic heterocycles. The second-order valence-corrected chi connectivity index (χ2v) is 36.8. The highest BCUT2D eigenvalue weighted by molar-refractivity contribution is 5.77. The Balaban J connectivity index is 0.944. The van der Waals surface area contributed by atoms with Gasteiger partial charge in [-0.3, -0.25) is 0 Å². The second kappa shape index (κ2) is 50.2. The molecule has 67 heteroatoms. The minimum absolute atomic E-state index is 0.890. The Hall–Kier alpha value is -4.03. The van der Waals surface area contributed by atoms with E-state index in [0.717, 1.165) is 0 Å². The van der Waals surface area contributed by atoms with Gasteiger partial charge in [-0.05, 0) is 0 Å². The number of rotatable bonds is 40. The third kappa shape index (κ3) is 24.8. The van der Waals surface area contributed by atoms with Crippen molar-refractivity contribution in [3.63, 3.8) is 0 Å². The van der Waals surface area contributed by atoms with E-state index < -0.39 is 483 Å². The van der Waals surface area contributed by atoms with Crippen LogP contribution in [0, 0.1) is 0 Å². The molecule has 145 heavy (non-hydrogen) atoms. The maximum Gasteiger partial charge on any atom is 0.364 e. The number of nitrogens with two attached hydrogens (primary N) is 3. The molecule has 12 aliphatic heterocycles. The molecule has 0 aromatic rings. The lowest BCUT2D eigenvalue weighted by atomic mass is 9.89. The van der Waals surface area contributed by atoms with Crippen LogP contribution in [0.15, 0.2) is 0 Å². The number of aliphatic carboxylic acids is 3. The van der Waals surface area contributed by atoms with Gasteiger partial charge in [0.15, 0.2) is 56.6 Å². The standard InChI is InChI=1S/C78H131N3O64/c79-31-44(105)38(99)28(126-64(31)116)13-123-65-32(80)45(106)39(100)30(134-65)15-125-76(73(117)118)3-21(141-78(75(121)122)2-20(40(101)56(143-78)18(93)5-83)127-66-33(81)46(107)35(96)22(7-85)128-66)59(57(144-76)19(94)6-84)137-70-52(113)49(110)58(27(12-90)133-70)136-72-63(140-71-54(115)61(42(103)26(11-89)132-71)139-69-51(112)48(109)37(98)24(9-87)131-69)62(145-77(74(119)120)1-16(91)34(95)55(142-77)17(92)4-82)43(104)29(135-72)14-124-67-53(114)60(41(102)25(10-88)129-67)138-68-50(111)47(108)36(97)23(8-86)130-68/h16-72,82-116H,1-15,79-81H2,(H,117,118)(H,119,120)(H,121,122)/t16-,17-,18-,19-,20-,21-,22-,23-,24-,25-,26-,27-,28-,29-,30-,31-,32-,33-,34-,35-,36-,37-,38-,39-,40-,41-,42+,43-,44-,45-,46-,47+,48+,49-,50-,51-,52+,53+,54-,55-,56-,57-,58-,59-,60+,61+,62+,63+,64+,65-,66+,67+,68-,69-,70-,71-,72-,76-,77+,78-/m1/s1. The highest BCUT2D eigenvalue weighted by atomic mass is 16.8. The van der Waals surface area contributed by atoms with E-state index in [0.29, 0.717) is 0 Å². The summed E-state index contributed by atoms with van der Waals surface area (Å²) in [5.41, 5.74) is 18.1. The Morgan fingerprint density at radius 3 is 1.10 bits per heavy atom. The average Bonchev–Trinajstić information content (AvgIpc) is 0.740. The number of hydrogen-bond acceptors (Lipinski definition) is 64. The van der Waals surface area contributed by atoms with Crippen LogP contribution in [-0.2, 0) is 123 Å². The van der Waals surface area contributed by atoms with Crippen LogP contribution in [0.5, 0.6) is 0 Å². The van der Waals surface area contributed by atoms with Crippen molar-refractivity contribution in [1.29, 1.82) is 0 Å². The lowest BCUT2D eigenvalue weighted by Gasteiger charge is -2.53. The van der Waals surface area contributed by atoms with Gasteiger partial charge < -0.3 is 320 Å². The van der Waals surface area contributed by atoms with Gasteiger partial charge in [0.1, 0.15) is 256 Å². The fourth-order valence-corrected chi connectivity index (χ4v) is 18.6. The van der Waals surface area contributed by atoms with Crippen LogP contribution in [0.4, 0.5) is 0 Å². The maximum absolute atomic E-state index is 14.5. The molecule has 12 saturated heterocycles. The van der Waals surface area contributed by atoms with Crippen molar-refractivity contribution < 1.29 is 317 Å². The van der Waals surface area contributed by atoms with E-state index in [2.05, 4.69) is 0 Å². The van der Waals surface area contributed by atoms with E-state index in [-0.39, 0.29) is 0 Å². The smallest absolute Gasteiger partial charge is 0.364 e. The van der Waals surface area contributed by atoms with Crippen molar-refractivity contribution in [3.8, 4) is 0 Å². The number of aliphatic hydroxyl groups is 35. The van der Waals surface area contributed by atoms with E-state index in [9.17, 15) is 208 Å². The molecule has 12 rings (SSSR count). The summed E-state index contributed by atoms with van der Waals surface area (Å²) in [6, 6.07) is -5.30. The summed E-state index contributed by atoms with van der Waals surface area (Å²) in [5.74, 6) is -18.4. The van der Waals surface area contributed by atoms with Crippen molar-refractivity contribution in [1.82, 2.24) is 0 Å². The lowest BCUT2D eigenvalue weighted by molar-refractivity contribution is -0.422. The summed E-state index contributed by atoms with van der Waals surface area (Å²) >= 11 is 0. The number of hydrogen-bond donors (Lipinski definition) is 41. The van der Waals surface area contributed by atoms with Gasteiger partial charge in [-0.15, -0.1) is 0 Å². The molecule has 0 unspecified atom stereocenters. The summed E-state index contributed by atoms with van der Waals surface area (Å²) in [6.45, 7) is -16.0. The Kier molecular flexibility index (Phi) is 41.4. The third-order valence-electron chi connectivity index (χ3n) is 27.2. The summed E-state index contributed by atoms with van der Waals surface area (Å²) in [7, 11) is 0. The van der Waals surface area contributed by atoms with E-state index in [1.54, 1.807) is 0 Å². The topological polar surface area (TPSA) is 1110 Å². The number of aliphatic hydroxyl groups excluding tert-OH is 35. The second-order valence-electron chi connectivity index (χ2n) is 36.8. The van der Waals surface area contributed by atoms with E-state index >= 15 is 0 Å². The molecule has 0 aliphatic carbocycles. The zero-order valence-corrected chi connectivity index (χ0v) is 75.9. The molecule has 0 amide bonds. The van der Waals surface area contributed by atoms with Crippen molar-refractivity contribution in [2.24, 2.45) is 17.2 Å². The molecule has 67 nitrogen and oxygen atoms in total. The predicted octanol–water partition coefficient (Wildman–Crippen LogP) is -27.7. The van der Waals surface area contributed by atoms with Gasteiger partial charge in [0, 0.05) is 19.3 Å². The molecule has 0 bridgehead atoms. The fraction of sp³-hybridized carbons (Fsp3) is 0.962. The first-order chi connectivity index (χ1) is 68.3. The van der Waals surface area contributed by atoms with Crippen molar-refractivity contribution in [3.05, 3.63) is 0 Å². The molecule has 12 heterocycles. The molecule has 44 N–H and O–H groups in total. The molecule has 60 atom stereocenters. The van der Waals surface area contributed by atoms with Crippen LogP contribution >= 0.6 is 0 Å². The fourth-order valence-electron chi connectivity index (χ4n) is 18.6. The zero-order valence-electron chi connectivity index (χ0n) is 75.9. The van der Waals surface area contributed by atoms with Gasteiger partial charge in [-0.1, -0.05) is 0 Å². The molecule has 0 aromatic carbocycles. The Labute approximate surface area is 815 Å². The lowest BCUT2D eigenvalue weighted by Crippen LogP contribution is -2.71. The van der Waals surface area contributed by atoms with Crippen LogP contribution in [-0.4, -0.2) is 658 Å². The quantitative estimate of drug-likeness (QED) is 0.0271. The Bertz CT molecular complexity index is 4030. The van der Waals surface area contributed by atoms with E-state index in [4.69, 9.17) is 126 Å². The highest BCUT2D eigenvalue weighted by Crippen LogP contribution is 2.48. The van der Waals surface area contributed by atoms with E-state index in [1.165, 1.54) is 0 Å². The van der Waals surface area contributed by atoms with Crippen LogP contribution in [0.25, 0.3) is 0 Å². The molecule has 842 valence electrons. The first-order valence-electron chi connectivity index (χ1n) is 45.6. The van der Waals surface area contributed by atoms with Gasteiger partial charge in [0.2, 0.25) is 0 Å². The van der Waals surface area contributed by atoms with Gasteiger partial charge in [0.05, 0.1) is 116 Å². The minimum Gasteiger partial charge on any atom is -0.477 e. The largest absolute Gasteiger partial charge is 0.477 e. The first-order valence-corrected chi connectivity index (χ1v) is 45.6. The number of carboxylic acid groups (broad SMARTS) is 3. The molecule has 0 saturated carbocycles. The number of ether oxygens (including phenoxy) is 23. The molecular formula is C78H131N3O64. The summed E-state index contributed by atoms with van der Waals surface area (Å²) < 4.78 is 135. The van der Waals surface area contributed by atoms with Crippen molar-refractivity contribution in [2.45, 2.75) is 386 Å². The maximum atomic E-state index is 14.5. The molecule has 12 fully saturated rings. The normalized spacial score (nSPS) is 50.9. The monoisotopic (exact) mass is 2130 g/mol. The molecule has 0 radical (unpaired) electrons. The van der Waals surface area contributed by atoms with Gasteiger partial charge in [-0.2, -0.15) is 0 Å². The SMILES string of the molecule is N[C@@H]1[C@@H](O)[C@H](O)[C@@H](CO[C@@H]2O[C@H](CO[C@]3(C(=O)O)C[C@@H](O[C@]4(C(=O)O)C[C@@H](O[C@H]5O[C@H](CO)[C@@H](O)[C@H](O)[C@H]5N)[C@@H](O)[C@@H]([C@H](O)CO)O4)[C@@H](O[C@H]4O[C@H](CO)[C@@H](O[C@H]5O[C@H](CO[C@H]6O[C@H](CO)[C@@H](O)[C@H](O[C@H]7O[C@H](CO)[C@@H](O)[C@H](O)[C@H]7O)[C@@H]6O)[C@@H](O)[C@H](O[C@]6(C(=O)O)C[C@@H](O)[C@@H](O)[C@@H]([C@H](O)CO)O6)[C@@H]5O[C@H]5O[C@H](CO)[C@H](O)[C@H](O[C@H]6O[C@H](CO)[C@@H](O)[C@H](O)[C@H]6O)[C@H]5O)[C@H](O)[C@@H]4O)[C@@H]([C@H](O)CO)O3)[C@@H](O)[C@H](O)[C@H]2N)O[C@@H]1O. The first kappa shape index (κ1) is 120. The Morgan fingerprint density at radius 2 is 0.607 bits per heavy atom. The summed E-state index contributed by atoms with van der Waals surface area (Å²) in [5, 5.41) is 426. The van der Waals surface area contributed by atoms with Gasteiger partial charge in [-0.25, -0.2) is 14.4 Å². The number of carbonyl (C=O) groups is 3. The predicted molar refractivity (Wildman–Crippen MR) is 434 cm³/mol. The minimum atomic E-state index is -3.77. The molecular weight excluding hydrogens is 2000 g/mol. The summed E-state index contributed by atoms with van der Waals surface area (Å²) in [6.07, 6.45) is -133. The molecule has 12 aliphatic rings. The Morgan fingerprint density at radius 1 is 0.269 bits per heavy atom. The van der Waals surface area contributed by atoms with Crippen molar-refractivity contribution >= 4 is 17.9 Å². The summed E-state index contributed by atoms with van der Waals surface area (Å²) in [4.78, 5) is 42.9. The van der Waals surface area contributed by atoms with Crippen LogP contribution < -0.4 is 17.2 Å². The van der Waals surface area contributed by atoms with Crippen LogP contribution in [0.2, 0.25) is 0 Å². The number of carboxylic acids is 3.